The van der Waals surface area contributed by atoms with Gasteiger partial charge in [-0.15, -0.1) is 10.2 Å². The van der Waals surface area contributed by atoms with Gasteiger partial charge in [0.25, 0.3) is 0 Å². The topological polar surface area (TPSA) is 81.4 Å². The minimum absolute atomic E-state index is 0.0610. The van der Waals surface area contributed by atoms with Gasteiger partial charge in [0.1, 0.15) is 18.2 Å². The molecule has 1 amide bonds. The highest BCUT2D eigenvalue weighted by atomic mass is 35.5. The van der Waals surface area contributed by atoms with Crippen molar-refractivity contribution < 1.29 is 13.9 Å². The van der Waals surface area contributed by atoms with Gasteiger partial charge in [-0.1, -0.05) is 53.7 Å². The van der Waals surface area contributed by atoms with Crippen LogP contribution in [-0.2, 0) is 11.4 Å². The van der Waals surface area contributed by atoms with Crippen LogP contribution in [0.25, 0.3) is 0 Å². The number of carbonyl (C=O) groups excluding carboxylic acids is 1. The number of ether oxygens (including phenoxy) is 1. The van der Waals surface area contributed by atoms with Crippen molar-refractivity contribution in [2.75, 3.05) is 11.1 Å². The average molecular weight is 496 g/mol. The second-order valence-electron chi connectivity index (χ2n) is 6.95. The van der Waals surface area contributed by atoms with Gasteiger partial charge in [-0.05, 0) is 54.1 Å². The van der Waals surface area contributed by atoms with Crippen molar-refractivity contribution in [3.63, 3.8) is 0 Å². The fraction of sp³-hybridized carbons (Fsp3) is 0.0833. The van der Waals surface area contributed by atoms with Gasteiger partial charge in [0, 0.05) is 10.7 Å². The monoisotopic (exact) mass is 495 g/mol. The SMILES string of the molecule is O=C(CSc1nnc(COc2ccccc2)n1N=Cc1ccc(Cl)cc1)Nc1ccc(F)cc1. The van der Waals surface area contributed by atoms with Crippen LogP contribution in [0.15, 0.2) is 89.1 Å². The lowest BCUT2D eigenvalue weighted by molar-refractivity contribution is -0.113. The highest BCUT2D eigenvalue weighted by Crippen LogP contribution is 2.20. The normalized spacial score (nSPS) is 11.0. The molecular weight excluding hydrogens is 477 g/mol. The number of amides is 1. The lowest BCUT2D eigenvalue weighted by Gasteiger charge is -2.07. The van der Waals surface area contributed by atoms with E-state index in [4.69, 9.17) is 16.3 Å². The Hall–Kier alpha value is -3.69. The van der Waals surface area contributed by atoms with Crippen molar-refractivity contribution in [3.8, 4) is 5.75 Å². The van der Waals surface area contributed by atoms with Gasteiger partial charge in [-0.3, -0.25) is 4.79 Å². The summed E-state index contributed by atoms with van der Waals surface area (Å²) in [4.78, 5) is 12.4. The van der Waals surface area contributed by atoms with Crippen molar-refractivity contribution in [3.05, 3.63) is 101 Å². The highest BCUT2D eigenvalue weighted by molar-refractivity contribution is 7.99. The minimum Gasteiger partial charge on any atom is -0.486 e. The molecule has 0 fully saturated rings. The maximum Gasteiger partial charge on any atom is 0.234 e. The molecule has 0 aliphatic heterocycles. The first-order valence-electron chi connectivity index (χ1n) is 10.2. The molecule has 4 rings (SSSR count). The average Bonchev–Trinajstić information content (AvgIpc) is 3.25. The number of aromatic nitrogens is 3. The van der Waals surface area contributed by atoms with Crippen molar-refractivity contribution in [1.29, 1.82) is 0 Å². The van der Waals surface area contributed by atoms with E-state index in [1.165, 1.54) is 40.7 Å². The van der Waals surface area contributed by atoms with E-state index < -0.39 is 0 Å². The summed E-state index contributed by atoms with van der Waals surface area (Å²) in [5.41, 5.74) is 1.34. The molecule has 0 atom stereocenters. The van der Waals surface area contributed by atoms with Crippen molar-refractivity contribution in [1.82, 2.24) is 14.9 Å². The first-order chi connectivity index (χ1) is 16.6. The zero-order valence-electron chi connectivity index (χ0n) is 17.8. The molecule has 1 aromatic heterocycles. The largest absolute Gasteiger partial charge is 0.486 e. The first kappa shape index (κ1) is 23.5. The van der Waals surface area contributed by atoms with Crippen LogP contribution in [0.3, 0.4) is 0 Å². The molecule has 10 heteroatoms. The number of thioether (sulfide) groups is 1. The second kappa shape index (κ2) is 11.4. The van der Waals surface area contributed by atoms with Gasteiger partial charge >= 0.3 is 0 Å². The summed E-state index contributed by atoms with van der Waals surface area (Å²) in [6, 6.07) is 22.1. The molecule has 4 aromatic rings. The first-order valence-corrected chi connectivity index (χ1v) is 11.5. The smallest absolute Gasteiger partial charge is 0.234 e. The highest BCUT2D eigenvalue weighted by Gasteiger charge is 2.15. The van der Waals surface area contributed by atoms with Crippen LogP contribution < -0.4 is 10.1 Å². The molecule has 0 aliphatic rings. The fourth-order valence-corrected chi connectivity index (χ4v) is 3.62. The van der Waals surface area contributed by atoms with E-state index in [9.17, 15) is 9.18 Å². The van der Waals surface area contributed by atoms with Crippen LogP contribution in [0, 0.1) is 5.82 Å². The number of benzene rings is 3. The maximum absolute atomic E-state index is 13.1. The molecular formula is C24H19ClFN5O2S. The van der Waals surface area contributed by atoms with Crippen LogP contribution in [-0.4, -0.2) is 32.7 Å². The predicted octanol–water partition coefficient (Wildman–Crippen LogP) is 5.26. The number of rotatable bonds is 9. The maximum atomic E-state index is 13.1. The van der Waals surface area contributed by atoms with Gasteiger partial charge in [0.15, 0.2) is 5.82 Å². The number of nitrogens with zero attached hydrogens (tertiary/aromatic N) is 4. The molecule has 0 unspecified atom stereocenters. The van der Waals surface area contributed by atoms with Gasteiger partial charge in [0.2, 0.25) is 11.1 Å². The number of carbonyl (C=O) groups is 1. The van der Waals surface area contributed by atoms with Crippen LogP contribution in [0.2, 0.25) is 5.02 Å². The molecule has 34 heavy (non-hydrogen) atoms. The molecule has 0 aliphatic carbocycles. The zero-order valence-corrected chi connectivity index (χ0v) is 19.3. The molecule has 1 heterocycles. The van der Waals surface area contributed by atoms with Gasteiger partial charge < -0.3 is 10.1 Å². The fourth-order valence-electron chi connectivity index (χ4n) is 2.79. The van der Waals surface area contributed by atoms with E-state index in [1.807, 2.05) is 42.5 Å². The molecule has 0 spiro atoms. The Morgan fingerprint density at radius 3 is 2.53 bits per heavy atom. The van der Waals surface area contributed by atoms with E-state index >= 15 is 0 Å². The molecule has 0 saturated heterocycles. The van der Waals surface area contributed by atoms with Crippen LogP contribution in [0.4, 0.5) is 10.1 Å². The lowest BCUT2D eigenvalue weighted by atomic mass is 10.2. The number of hydrogen-bond acceptors (Lipinski definition) is 6. The summed E-state index contributed by atoms with van der Waals surface area (Å²) in [5.74, 6) is 0.576. The Kier molecular flexibility index (Phi) is 7.90. The quantitative estimate of drug-likeness (QED) is 0.253. The Morgan fingerprint density at radius 1 is 1.06 bits per heavy atom. The molecule has 0 saturated carbocycles. The van der Waals surface area contributed by atoms with E-state index in [1.54, 1.807) is 18.3 Å². The van der Waals surface area contributed by atoms with E-state index in [-0.39, 0.29) is 24.1 Å². The van der Waals surface area contributed by atoms with Gasteiger partial charge in [-0.2, -0.15) is 9.78 Å². The van der Waals surface area contributed by atoms with Crippen molar-refractivity contribution >= 4 is 41.2 Å². The second-order valence-corrected chi connectivity index (χ2v) is 8.33. The molecule has 0 bridgehead atoms. The third kappa shape index (κ3) is 6.66. The van der Waals surface area contributed by atoms with Crippen LogP contribution in [0.5, 0.6) is 5.75 Å². The summed E-state index contributed by atoms with van der Waals surface area (Å²) in [5, 5.41) is 16.6. The molecule has 172 valence electrons. The standard InChI is InChI=1S/C24H19ClFN5O2S/c25-18-8-6-17(7-9-18)14-27-31-22(15-33-21-4-2-1-3-5-21)29-30-24(31)34-16-23(32)28-20-12-10-19(26)11-13-20/h1-14H,15-16H2,(H,28,32). The number of nitrogens with one attached hydrogen (secondary N) is 1. The van der Waals surface area contributed by atoms with Crippen LogP contribution in [0.1, 0.15) is 11.4 Å². The van der Waals surface area contributed by atoms with Gasteiger partial charge in [-0.25, -0.2) is 4.39 Å². The molecule has 1 N–H and O–H groups in total. The Bertz CT molecular complexity index is 1270. The minimum atomic E-state index is -0.371. The number of para-hydroxylation sites is 1. The summed E-state index contributed by atoms with van der Waals surface area (Å²) in [7, 11) is 0. The summed E-state index contributed by atoms with van der Waals surface area (Å²) in [6.07, 6.45) is 1.65. The number of hydrogen-bond donors (Lipinski definition) is 1. The summed E-state index contributed by atoms with van der Waals surface area (Å²) < 4.78 is 20.4. The summed E-state index contributed by atoms with van der Waals surface area (Å²) >= 11 is 7.12. The summed E-state index contributed by atoms with van der Waals surface area (Å²) in [6.45, 7) is 0.136. The Labute approximate surface area is 204 Å². The molecule has 3 aromatic carbocycles. The zero-order chi connectivity index (χ0) is 23.8. The van der Waals surface area contributed by atoms with Crippen molar-refractivity contribution in [2.45, 2.75) is 11.8 Å². The van der Waals surface area contributed by atoms with Crippen molar-refractivity contribution in [2.24, 2.45) is 5.10 Å². The molecule has 0 radical (unpaired) electrons. The van der Waals surface area contributed by atoms with Gasteiger partial charge in [0.05, 0.1) is 12.0 Å². The Morgan fingerprint density at radius 2 is 1.79 bits per heavy atom. The Balaban J connectivity index is 1.48. The number of anilines is 1. The predicted molar refractivity (Wildman–Crippen MR) is 131 cm³/mol. The van der Waals surface area contributed by atoms with Crippen LogP contribution >= 0.6 is 23.4 Å². The molecule has 7 nitrogen and oxygen atoms in total. The number of halogens is 2. The third-order valence-corrected chi connectivity index (χ3v) is 5.61. The lowest BCUT2D eigenvalue weighted by Crippen LogP contribution is -2.14. The van der Waals surface area contributed by atoms with E-state index in [0.29, 0.717) is 27.4 Å². The van der Waals surface area contributed by atoms with E-state index in [2.05, 4.69) is 20.6 Å². The third-order valence-electron chi connectivity index (χ3n) is 4.44. The van der Waals surface area contributed by atoms with E-state index in [0.717, 1.165) is 5.56 Å².